The lowest BCUT2D eigenvalue weighted by atomic mass is 10.0. The van der Waals surface area contributed by atoms with Crippen molar-refractivity contribution in [3.8, 4) is 0 Å². The molecule has 1 aromatic rings. The first-order valence-electron chi connectivity index (χ1n) is 6.64. The molecule has 0 spiro atoms. The minimum atomic E-state index is -0.590. The van der Waals surface area contributed by atoms with Gasteiger partial charge in [-0.2, -0.15) is 4.98 Å². The lowest BCUT2D eigenvalue weighted by Gasteiger charge is -2.12. The van der Waals surface area contributed by atoms with E-state index < -0.39 is 4.92 Å². The highest BCUT2D eigenvalue weighted by Gasteiger charge is 2.18. The zero-order valence-corrected chi connectivity index (χ0v) is 13.3. The number of allylic oxidation sites excluding steroid dienone is 7. The molecule has 0 saturated carbocycles. The van der Waals surface area contributed by atoms with Crippen molar-refractivity contribution >= 4 is 28.8 Å². The van der Waals surface area contributed by atoms with Crippen molar-refractivity contribution in [2.24, 2.45) is 0 Å². The summed E-state index contributed by atoms with van der Waals surface area (Å²) in [5.41, 5.74) is 2.41. The fraction of sp³-hybridized carbons (Fsp3) is 0.133. The first-order valence-corrected chi connectivity index (χ1v) is 7.02. The Hall–Kier alpha value is -2.80. The highest BCUT2D eigenvalue weighted by molar-refractivity contribution is 6.28. The molecule has 1 heterocycles. The summed E-state index contributed by atoms with van der Waals surface area (Å²) >= 11 is 5.70. The molecule has 118 valence electrons. The topological polar surface area (TPSA) is 105 Å². The largest absolute Gasteiger partial charge is 0.334 e. The molecule has 8 heteroatoms. The van der Waals surface area contributed by atoms with E-state index in [9.17, 15) is 10.1 Å². The molecule has 0 bridgehead atoms. The smallest absolute Gasteiger partial charge is 0.329 e. The molecule has 0 unspecified atom stereocenters. The second-order valence-corrected chi connectivity index (χ2v) is 5.31. The van der Waals surface area contributed by atoms with Crippen molar-refractivity contribution in [2.75, 3.05) is 5.32 Å². The van der Waals surface area contributed by atoms with Crippen molar-refractivity contribution < 1.29 is 4.92 Å². The van der Waals surface area contributed by atoms with E-state index in [-0.39, 0.29) is 16.8 Å². The highest BCUT2D eigenvalue weighted by atomic mass is 35.5. The second-order valence-electron chi connectivity index (χ2n) is 4.97. The van der Waals surface area contributed by atoms with Crippen molar-refractivity contribution in [3.63, 3.8) is 0 Å². The van der Waals surface area contributed by atoms with Gasteiger partial charge >= 0.3 is 5.69 Å². The lowest BCUT2D eigenvalue weighted by Crippen LogP contribution is -2.09. The summed E-state index contributed by atoms with van der Waals surface area (Å²) < 4.78 is 0. The third kappa shape index (κ3) is 4.33. The summed E-state index contributed by atoms with van der Waals surface area (Å²) in [4.78, 5) is 17.9. The van der Waals surface area contributed by atoms with E-state index in [1.54, 1.807) is 18.2 Å². The third-order valence-corrected chi connectivity index (χ3v) is 3.03. The molecule has 1 aliphatic rings. The number of hydrogen-bond donors (Lipinski definition) is 2. The molecule has 0 fully saturated rings. The first kappa shape index (κ1) is 16.6. The Morgan fingerprint density at radius 3 is 2.83 bits per heavy atom. The fourth-order valence-electron chi connectivity index (χ4n) is 1.75. The molecule has 0 radical (unpaired) electrons. The van der Waals surface area contributed by atoms with Crippen molar-refractivity contribution in [2.45, 2.75) is 13.8 Å². The fourth-order valence-corrected chi connectivity index (χ4v) is 1.88. The summed E-state index contributed by atoms with van der Waals surface area (Å²) in [6, 6.07) is 0. The van der Waals surface area contributed by atoms with Crippen LogP contribution >= 0.6 is 11.6 Å². The number of nitrogens with one attached hydrogen (secondary N) is 2. The molecular formula is C15H14ClN5O2. The molecule has 7 nitrogen and oxygen atoms in total. The number of nitrogens with zero attached hydrogens (tertiary/aromatic N) is 3. The van der Waals surface area contributed by atoms with E-state index in [1.807, 2.05) is 26.0 Å². The molecule has 1 aromatic heterocycles. The van der Waals surface area contributed by atoms with E-state index in [0.717, 1.165) is 11.8 Å². The average molecular weight is 332 g/mol. The van der Waals surface area contributed by atoms with Gasteiger partial charge < -0.3 is 10.7 Å². The Balaban J connectivity index is 2.35. The molecule has 0 amide bonds. The van der Waals surface area contributed by atoms with Crippen LogP contribution < -0.4 is 5.32 Å². The molecule has 0 aromatic carbocycles. The summed E-state index contributed by atoms with van der Waals surface area (Å²) in [6.45, 7) is 3.91. The molecular weight excluding hydrogens is 318 g/mol. The zero-order valence-electron chi connectivity index (χ0n) is 12.5. The van der Waals surface area contributed by atoms with Crippen molar-refractivity contribution in [1.29, 1.82) is 5.41 Å². The van der Waals surface area contributed by atoms with Crippen LogP contribution in [0, 0.1) is 15.5 Å². The summed E-state index contributed by atoms with van der Waals surface area (Å²) in [6.07, 6.45) is 9.70. The average Bonchev–Trinajstić information content (AvgIpc) is 2.47. The van der Waals surface area contributed by atoms with Crippen LogP contribution in [-0.4, -0.2) is 20.6 Å². The Labute approximate surface area is 137 Å². The van der Waals surface area contributed by atoms with Gasteiger partial charge in [-0.3, -0.25) is 10.1 Å². The van der Waals surface area contributed by atoms with Gasteiger partial charge in [0.15, 0.2) is 0 Å². The van der Waals surface area contributed by atoms with E-state index in [0.29, 0.717) is 17.0 Å². The number of nitro groups is 1. The Kier molecular flexibility index (Phi) is 5.02. The molecule has 2 rings (SSSR count). The highest BCUT2D eigenvalue weighted by Crippen LogP contribution is 2.25. The number of aromatic nitrogens is 2. The maximum atomic E-state index is 11.0. The van der Waals surface area contributed by atoms with Crippen LogP contribution in [0.5, 0.6) is 0 Å². The van der Waals surface area contributed by atoms with Gasteiger partial charge in [0.2, 0.25) is 11.1 Å². The summed E-state index contributed by atoms with van der Waals surface area (Å²) in [5, 5.41) is 21.7. The monoisotopic (exact) mass is 331 g/mol. The van der Waals surface area contributed by atoms with Gasteiger partial charge in [0.1, 0.15) is 6.20 Å². The van der Waals surface area contributed by atoms with Gasteiger partial charge in [-0.1, -0.05) is 17.7 Å². The van der Waals surface area contributed by atoms with Crippen molar-refractivity contribution in [3.05, 3.63) is 68.8 Å². The predicted molar refractivity (Wildman–Crippen MR) is 89.8 cm³/mol. The number of halogens is 1. The third-order valence-electron chi connectivity index (χ3n) is 2.85. The van der Waals surface area contributed by atoms with Gasteiger partial charge in [-0.15, -0.1) is 0 Å². The van der Waals surface area contributed by atoms with Crippen LogP contribution in [-0.2, 0) is 0 Å². The summed E-state index contributed by atoms with van der Waals surface area (Å²) in [7, 11) is 0. The summed E-state index contributed by atoms with van der Waals surface area (Å²) in [5.74, 6) is 0.000829. The van der Waals surface area contributed by atoms with Crippen LogP contribution in [0.15, 0.2) is 53.4 Å². The van der Waals surface area contributed by atoms with E-state index in [1.165, 1.54) is 0 Å². The van der Waals surface area contributed by atoms with Crippen LogP contribution in [0.2, 0.25) is 5.28 Å². The number of anilines is 1. The first-order chi connectivity index (χ1) is 10.9. The molecule has 0 saturated heterocycles. The lowest BCUT2D eigenvalue weighted by molar-refractivity contribution is -0.384. The Morgan fingerprint density at radius 1 is 1.43 bits per heavy atom. The normalized spacial score (nSPS) is 15.3. The maximum Gasteiger partial charge on any atom is 0.329 e. The van der Waals surface area contributed by atoms with Crippen LogP contribution in [0.3, 0.4) is 0 Å². The van der Waals surface area contributed by atoms with E-state index in [2.05, 4.69) is 15.3 Å². The Bertz CT molecular complexity index is 789. The SMILES string of the molecule is CC(C)=C/C=C1/C=C(Nc2nc(Cl)ncc2[N+](=O)[O-])C=CC1=N. The quantitative estimate of drug-likeness (QED) is 0.495. The maximum absolute atomic E-state index is 11.0. The molecule has 0 atom stereocenters. The van der Waals surface area contributed by atoms with Gasteiger partial charge in [0.25, 0.3) is 0 Å². The second kappa shape index (κ2) is 6.97. The molecule has 23 heavy (non-hydrogen) atoms. The standard InChI is InChI=1S/C15H14ClN5O2/c1-9(2)3-4-10-7-11(5-6-12(10)17)19-14-13(21(22)23)8-18-15(16)20-14/h3-8,17H,1-2H3,(H,18,19,20)/b10-4-,17-12?. The van der Waals surface area contributed by atoms with Crippen LogP contribution in [0.25, 0.3) is 0 Å². The number of rotatable bonds is 4. The molecule has 1 aliphatic carbocycles. The van der Waals surface area contributed by atoms with Gasteiger partial charge in [-0.25, -0.2) is 4.98 Å². The van der Waals surface area contributed by atoms with Crippen molar-refractivity contribution in [1.82, 2.24) is 9.97 Å². The van der Waals surface area contributed by atoms with Gasteiger partial charge in [0, 0.05) is 11.3 Å². The number of hydrogen-bond acceptors (Lipinski definition) is 6. The van der Waals surface area contributed by atoms with E-state index in [4.69, 9.17) is 17.0 Å². The Morgan fingerprint density at radius 2 is 2.17 bits per heavy atom. The zero-order chi connectivity index (χ0) is 17.0. The van der Waals surface area contributed by atoms with Crippen LogP contribution in [0.4, 0.5) is 11.5 Å². The molecule has 0 aliphatic heterocycles. The molecule has 2 N–H and O–H groups in total. The minimum absolute atomic E-state index is 0.000829. The van der Waals surface area contributed by atoms with Gasteiger partial charge in [-0.05, 0) is 43.7 Å². The van der Waals surface area contributed by atoms with Crippen LogP contribution in [0.1, 0.15) is 13.8 Å². The van der Waals surface area contributed by atoms with Gasteiger partial charge in [0.05, 0.1) is 10.6 Å². The predicted octanol–water partition coefficient (Wildman–Crippen LogP) is 3.82. The van der Waals surface area contributed by atoms with E-state index >= 15 is 0 Å². The minimum Gasteiger partial charge on any atom is -0.334 e.